The average molecular weight is 595 g/mol. The molecule has 0 saturated carbocycles. The molecule has 4 N–H and O–H groups in total. The van der Waals surface area contributed by atoms with E-state index in [1.807, 2.05) is 36.4 Å². The normalized spacial score (nSPS) is 14.7. The summed E-state index contributed by atoms with van der Waals surface area (Å²) >= 11 is 13.9. The molecular formula is C29H29Cl2N7O3. The van der Waals surface area contributed by atoms with Gasteiger partial charge in [-0.05, 0) is 6.42 Å². The molecule has 0 bridgehead atoms. The van der Waals surface area contributed by atoms with Gasteiger partial charge in [0.05, 0.1) is 48.0 Å². The summed E-state index contributed by atoms with van der Waals surface area (Å²) in [5, 5.41) is 7.19. The van der Waals surface area contributed by atoms with Crippen molar-refractivity contribution in [3.8, 4) is 45.4 Å². The van der Waals surface area contributed by atoms with Gasteiger partial charge >= 0.3 is 0 Å². The van der Waals surface area contributed by atoms with E-state index in [1.165, 1.54) is 7.11 Å². The molecule has 1 saturated heterocycles. The van der Waals surface area contributed by atoms with Crippen molar-refractivity contribution in [2.24, 2.45) is 5.73 Å². The first-order chi connectivity index (χ1) is 19.9. The number of nitrogens with zero attached hydrogens (tertiary/aromatic N) is 4. The molecule has 1 fully saturated rings. The lowest BCUT2D eigenvalue weighted by Gasteiger charge is -2.15. The molecule has 2 aromatic heterocycles. The lowest BCUT2D eigenvalue weighted by atomic mass is 9.98. The Hall–Kier alpha value is -3.83. The Balaban J connectivity index is 1.43. The predicted molar refractivity (Wildman–Crippen MR) is 158 cm³/mol. The summed E-state index contributed by atoms with van der Waals surface area (Å²) < 4.78 is 10.9. The average Bonchev–Trinajstić information content (AvgIpc) is 3.42. The van der Waals surface area contributed by atoms with Crippen LogP contribution < -0.4 is 25.8 Å². The second-order valence-electron chi connectivity index (χ2n) is 9.39. The van der Waals surface area contributed by atoms with Gasteiger partial charge in [-0.3, -0.25) is 14.8 Å². The smallest absolute Gasteiger partial charge is 0.237 e. The Morgan fingerprint density at radius 1 is 0.902 bits per heavy atom. The lowest BCUT2D eigenvalue weighted by Crippen LogP contribution is -2.35. The van der Waals surface area contributed by atoms with Crippen molar-refractivity contribution >= 4 is 29.1 Å². The standard InChI is InChI=1S/C29H29Cl2N7O3/c1-40-28-21(11-32)34-14-22(37-28)19-7-3-5-17(26(19)30)18-6-4-8-20(27(18)31)23-15-35-24(29(38-23)41-2)13-33-12-16-9-10-25(39)36-16/h3-8,14-16,33H,9-13,32H2,1-2H3,(H,36,39). The van der Waals surface area contributed by atoms with Crippen LogP contribution in [0.5, 0.6) is 11.8 Å². The number of amides is 1. The SMILES string of the molecule is COc1nc(-c2cccc(-c3cccc(-c4cnc(CNCC5CCC(=O)N5)c(OC)n4)c3Cl)c2Cl)cnc1CN. The van der Waals surface area contributed by atoms with Crippen LogP contribution >= 0.6 is 23.2 Å². The number of carbonyl (C=O) groups excluding carboxylic acids is 1. The Morgan fingerprint density at radius 3 is 1.95 bits per heavy atom. The zero-order chi connectivity index (χ0) is 28.9. The van der Waals surface area contributed by atoms with Crippen LogP contribution in [-0.4, -0.2) is 52.6 Å². The van der Waals surface area contributed by atoms with E-state index in [9.17, 15) is 4.79 Å². The Labute approximate surface area is 247 Å². The predicted octanol–water partition coefficient (Wildman–Crippen LogP) is 4.42. The molecule has 1 amide bonds. The molecule has 5 rings (SSSR count). The van der Waals surface area contributed by atoms with Crippen molar-refractivity contribution in [1.82, 2.24) is 30.6 Å². The molecule has 1 aliphatic rings. The van der Waals surface area contributed by atoms with Gasteiger partial charge in [-0.2, -0.15) is 0 Å². The third kappa shape index (κ3) is 6.11. The molecule has 1 aliphatic heterocycles. The minimum Gasteiger partial charge on any atom is -0.480 e. The first-order valence-electron chi connectivity index (χ1n) is 13.0. The van der Waals surface area contributed by atoms with Crippen LogP contribution in [0, 0.1) is 0 Å². The molecule has 2 aromatic carbocycles. The summed E-state index contributed by atoms with van der Waals surface area (Å²) in [7, 11) is 3.07. The van der Waals surface area contributed by atoms with Crippen molar-refractivity contribution in [2.75, 3.05) is 20.8 Å². The quantitative estimate of drug-likeness (QED) is 0.244. The number of ether oxygens (including phenoxy) is 2. The number of methoxy groups -OCH3 is 2. The molecule has 0 radical (unpaired) electrons. The number of nitrogens with two attached hydrogens (primary N) is 1. The monoisotopic (exact) mass is 593 g/mol. The van der Waals surface area contributed by atoms with Crippen LogP contribution in [0.15, 0.2) is 48.8 Å². The number of rotatable bonds is 10. The molecule has 0 spiro atoms. The van der Waals surface area contributed by atoms with Crippen LogP contribution in [0.1, 0.15) is 24.2 Å². The number of nitrogens with one attached hydrogen (secondary N) is 2. The van der Waals surface area contributed by atoms with E-state index in [0.717, 1.165) is 17.5 Å². The highest BCUT2D eigenvalue weighted by Crippen LogP contribution is 2.42. The van der Waals surface area contributed by atoms with Crippen LogP contribution in [0.2, 0.25) is 10.0 Å². The zero-order valence-electron chi connectivity index (χ0n) is 22.6. The summed E-state index contributed by atoms with van der Waals surface area (Å²) in [6, 6.07) is 11.4. The third-order valence-electron chi connectivity index (χ3n) is 6.81. The van der Waals surface area contributed by atoms with Crippen LogP contribution in [0.3, 0.4) is 0 Å². The van der Waals surface area contributed by atoms with E-state index in [-0.39, 0.29) is 18.5 Å². The molecule has 3 heterocycles. The fourth-order valence-corrected chi connectivity index (χ4v) is 5.36. The second-order valence-corrected chi connectivity index (χ2v) is 10.2. The van der Waals surface area contributed by atoms with Gasteiger partial charge in [-0.15, -0.1) is 0 Å². The van der Waals surface area contributed by atoms with Crippen molar-refractivity contribution in [1.29, 1.82) is 0 Å². The summed E-state index contributed by atoms with van der Waals surface area (Å²) in [5.74, 6) is 0.823. The number of aromatic nitrogens is 4. The van der Waals surface area contributed by atoms with Gasteiger partial charge in [-0.25, -0.2) is 9.97 Å². The zero-order valence-corrected chi connectivity index (χ0v) is 24.1. The Bertz CT molecular complexity index is 1580. The topological polar surface area (TPSA) is 137 Å². The van der Waals surface area contributed by atoms with Gasteiger partial charge in [-0.1, -0.05) is 59.6 Å². The number of carbonyl (C=O) groups is 1. The van der Waals surface area contributed by atoms with E-state index >= 15 is 0 Å². The minimum absolute atomic E-state index is 0.0840. The van der Waals surface area contributed by atoms with E-state index < -0.39 is 0 Å². The molecule has 41 heavy (non-hydrogen) atoms. The van der Waals surface area contributed by atoms with Crippen LogP contribution in [-0.2, 0) is 17.9 Å². The molecule has 212 valence electrons. The maximum Gasteiger partial charge on any atom is 0.237 e. The molecule has 0 aliphatic carbocycles. The molecule has 1 unspecified atom stereocenters. The van der Waals surface area contributed by atoms with Crippen molar-refractivity contribution in [2.45, 2.75) is 32.0 Å². The Morgan fingerprint density at radius 2 is 1.44 bits per heavy atom. The second kappa shape index (κ2) is 12.8. The molecule has 10 nitrogen and oxygen atoms in total. The van der Waals surface area contributed by atoms with E-state index in [2.05, 4.69) is 30.6 Å². The van der Waals surface area contributed by atoms with Crippen LogP contribution in [0.25, 0.3) is 33.6 Å². The number of benzene rings is 2. The molecule has 4 aromatic rings. The largest absolute Gasteiger partial charge is 0.480 e. The summed E-state index contributed by atoms with van der Waals surface area (Å²) in [6.45, 7) is 1.29. The fraction of sp³-hybridized carbons (Fsp3) is 0.276. The Kier molecular flexibility index (Phi) is 8.94. The van der Waals surface area contributed by atoms with Crippen molar-refractivity contribution in [3.63, 3.8) is 0 Å². The van der Waals surface area contributed by atoms with Crippen molar-refractivity contribution in [3.05, 3.63) is 70.2 Å². The van der Waals surface area contributed by atoms with Gasteiger partial charge in [0.2, 0.25) is 17.7 Å². The first kappa shape index (κ1) is 28.7. The number of halogens is 2. The summed E-state index contributed by atoms with van der Waals surface area (Å²) in [6.07, 6.45) is 4.66. The number of hydrogen-bond acceptors (Lipinski definition) is 9. The fourth-order valence-electron chi connectivity index (χ4n) is 4.71. The minimum atomic E-state index is 0.0840. The molecular weight excluding hydrogens is 565 g/mol. The highest BCUT2D eigenvalue weighted by molar-refractivity contribution is 6.39. The first-order valence-corrected chi connectivity index (χ1v) is 13.8. The third-order valence-corrected chi connectivity index (χ3v) is 7.63. The maximum absolute atomic E-state index is 11.4. The van der Waals surface area contributed by atoms with Gasteiger partial charge in [0.15, 0.2) is 0 Å². The van der Waals surface area contributed by atoms with Gasteiger partial charge in [0.1, 0.15) is 11.4 Å². The highest BCUT2D eigenvalue weighted by Gasteiger charge is 2.21. The van der Waals surface area contributed by atoms with Gasteiger partial charge in [0, 0.05) is 54.4 Å². The number of hydrogen-bond donors (Lipinski definition) is 3. The highest BCUT2D eigenvalue weighted by atomic mass is 35.5. The molecule has 12 heteroatoms. The van der Waals surface area contributed by atoms with Crippen LogP contribution in [0.4, 0.5) is 0 Å². The van der Waals surface area contributed by atoms with Gasteiger partial charge in [0.25, 0.3) is 0 Å². The summed E-state index contributed by atoms with van der Waals surface area (Å²) in [5.41, 5.74) is 10.9. The van der Waals surface area contributed by atoms with Gasteiger partial charge < -0.3 is 25.8 Å². The van der Waals surface area contributed by atoms with Crippen molar-refractivity contribution < 1.29 is 14.3 Å². The van der Waals surface area contributed by atoms with E-state index in [1.54, 1.807) is 19.5 Å². The summed E-state index contributed by atoms with van der Waals surface area (Å²) in [4.78, 5) is 29.6. The molecule has 1 atom stereocenters. The maximum atomic E-state index is 11.4. The van der Waals surface area contributed by atoms with E-state index in [4.69, 9.17) is 38.4 Å². The lowest BCUT2D eigenvalue weighted by molar-refractivity contribution is -0.119. The van der Waals surface area contributed by atoms with E-state index in [0.29, 0.717) is 75.2 Å².